The third-order valence-corrected chi connectivity index (χ3v) is 5.99. The van der Waals surface area contributed by atoms with E-state index in [0.29, 0.717) is 12.2 Å². The van der Waals surface area contributed by atoms with Crippen LogP contribution in [0.4, 0.5) is 0 Å². The van der Waals surface area contributed by atoms with Crippen molar-refractivity contribution in [2.24, 2.45) is 0 Å². The molecular formula is C32H24N2O. The van der Waals surface area contributed by atoms with Crippen LogP contribution in [-0.4, -0.2) is 4.98 Å². The van der Waals surface area contributed by atoms with Crippen molar-refractivity contribution in [3.8, 4) is 28.3 Å². The lowest BCUT2D eigenvalue weighted by Gasteiger charge is -2.20. The molecule has 1 heterocycles. The van der Waals surface area contributed by atoms with Crippen molar-refractivity contribution < 1.29 is 4.74 Å². The summed E-state index contributed by atoms with van der Waals surface area (Å²) in [6, 6.07) is 41.0. The van der Waals surface area contributed by atoms with Crippen LogP contribution in [0, 0.1) is 11.3 Å². The molecule has 35 heavy (non-hydrogen) atoms. The summed E-state index contributed by atoms with van der Waals surface area (Å²) in [4.78, 5) is 4.31. The van der Waals surface area contributed by atoms with Gasteiger partial charge in [-0.2, -0.15) is 5.26 Å². The van der Waals surface area contributed by atoms with Crippen LogP contribution >= 0.6 is 0 Å². The van der Waals surface area contributed by atoms with Crippen LogP contribution in [0.3, 0.4) is 0 Å². The molecule has 5 rings (SSSR count). The zero-order chi connectivity index (χ0) is 23.9. The molecule has 0 radical (unpaired) electrons. The van der Waals surface area contributed by atoms with E-state index in [0.717, 1.165) is 38.9 Å². The molecule has 3 nitrogen and oxygen atoms in total. The van der Waals surface area contributed by atoms with Crippen molar-refractivity contribution in [3.63, 3.8) is 0 Å². The molecule has 1 aromatic heterocycles. The first kappa shape index (κ1) is 22.3. The molecule has 4 aromatic carbocycles. The fraction of sp³-hybridized carbons (Fsp3) is 0.0625. The van der Waals surface area contributed by atoms with Crippen LogP contribution in [0.5, 0.6) is 0 Å². The van der Waals surface area contributed by atoms with Crippen molar-refractivity contribution in [2.45, 2.75) is 12.7 Å². The van der Waals surface area contributed by atoms with Crippen molar-refractivity contribution in [3.05, 3.63) is 150 Å². The van der Waals surface area contributed by atoms with E-state index in [-0.39, 0.29) is 6.10 Å². The number of rotatable bonds is 7. The normalized spacial score (nSPS) is 11.5. The zero-order valence-corrected chi connectivity index (χ0v) is 19.2. The van der Waals surface area contributed by atoms with E-state index in [1.165, 1.54) is 0 Å². The van der Waals surface area contributed by atoms with E-state index in [1.54, 1.807) is 6.20 Å². The van der Waals surface area contributed by atoms with Gasteiger partial charge in [0, 0.05) is 18.0 Å². The number of hydrogen-bond donors (Lipinski definition) is 0. The molecular weight excluding hydrogens is 428 g/mol. The van der Waals surface area contributed by atoms with E-state index < -0.39 is 0 Å². The fourth-order valence-corrected chi connectivity index (χ4v) is 4.23. The summed E-state index contributed by atoms with van der Waals surface area (Å²) >= 11 is 0. The largest absolute Gasteiger partial charge is 0.364 e. The molecule has 5 aromatic rings. The average molecular weight is 453 g/mol. The first-order valence-corrected chi connectivity index (χ1v) is 11.6. The summed E-state index contributed by atoms with van der Waals surface area (Å²) < 4.78 is 6.43. The zero-order valence-electron chi connectivity index (χ0n) is 19.2. The lowest BCUT2D eigenvalue weighted by atomic mass is 9.92. The topological polar surface area (TPSA) is 45.9 Å². The number of pyridine rings is 1. The van der Waals surface area contributed by atoms with Gasteiger partial charge in [0.15, 0.2) is 0 Å². The van der Waals surface area contributed by atoms with Crippen molar-refractivity contribution >= 4 is 0 Å². The summed E-state index contributed by atoms with van der Waals surface area (Å²) in [5.41, 5.74) is 7.82. The van der Waals surface area contributed by atoms with Gasteiger partial charge in [-0.25, -0.2) is 0 Å². The molecule has 0 amide bonds. The average Bonchev–Trinajstić information content (AvgIpc) is 2.95. The molecule has 0 aliphatic heterocycles. The number of nitrogens with zero attached hydrogens (tertiary/aromatic N) is 2. The Balaban J connectivity index is 1.55. The number of benzene rings is 4. The molecule has 3 heteroatoms. The first-order chi connectivity index (χ1) is 17.3. The molecule has 0 saturated heterocycles. The maximum atomic E-state index is 9.87. The second-order valence-electron chi connectivity index (χ2n) is 8.33. The Kier molecular flexibility index (Phi) is 6.75. The van der Waals surface area contributed by atoms with Crippen molar-refractivity contribution in [1.82, 2.24) is 4.98 Å². The molecule has 0 saturated carbocycles. The van der Waals surface area contributed by atoms with Crippen LogP contribution in [-0.2, 0) is 11.3 Å². The summed E-state index contributed by atoms with van der Waals surface area (Å²) in [7, 11) is 0. The number of ether oxygens (including phenoxy) is 1. The van der Waals surface area contributed by atoms with Crippen molar-refractivity contribution in [2.75, 3.05) is 0 Å². The van der Waals surface area contributed by atoms with E-state index in [4.69, 9.17) is 4.74 Å². The second kappa shape index (κ2) is 10.6. The Hall–Kier alpha value is -4.52. The molecule has 0 aliphatic carbocycles. The second-order valence-corrected chi connectivity index (χ2v) is 8.33. The third-order valence-electron chi connectivity index (χ3n) is 5.99. The van der Waals surface area contributed by atoms with Crippen molar-refractivity contribution in [1.29, 1.82) is 5.26 Å². The SMILES string of the molecule is N#Cc1ccc(C(OCc2ccccc2)c2cccnc2)cc1-c1cccc(-c2ccccc2)c1. The Bertz CT molecular complexity index is 1440. The van der Waals surface area contributed by atoms with Gasteiger partial charge in [0.2, 0.25) is 0 Å². The first-order valence-electron chi connectivity index (χ1n) is 11.6. The summed E-state index contributed by atoms with van der Waals surface area (Å²) in [5, 5.41) is 9.87. The standard InChI is InChI=1S/C32H24N2O/c33-21-29-17-16-28(20-31(29)27-14-7-13-26(19-27)25-11-5-2-6-12-25)32(30-15-8-18-34-22-30)35-23-24-9-3-1-4-10-24/h1-20,22,32H,23H2. The number of nitriles is 1. The van der Waals surface area contributed by atoms with Gasteiger partial charge in [-0.1, -0.05) is 91.0 Å². The van der Waals surface area contributed by atoms with Gasteiger partial charge >= 0.3 is 0 Å². The lowest BCUT2D eigenvalue weighted by Crippen LogP contribution is -2.07. The Labute approximate surface area is 205 Å². The summed E-state index contributed by atoms with van der Waals surface area (Å²) in [5.74, 6) is 0. The Morgan fingerprint density at radius 3 is 2.17 bits per heavy atom. The molecule has 168 valence electrons. The molecule has 0 fully saturated rings. The Morgan fingerprint density at radius 2 is 1.43 bits per heavy atom. The van der Waals surface area contributed by atoms with Crippen LogP contribution in [0.15, 0.2) is 128 Å². The molecule has 1 atom stereocenters. The summed E-state index contributed by atoms with van der Waals surface area (Å²) in [6.45, 7) is 0.471. The van der Waals surface area contributed by atoms with Gasteiger partial charge in [0.1, 0.15) is 6.10 Å². The predicted octanol–water partition coefficient (Wildman–Crippen LogP) is 7.59. The number of aromatic nitrogens is 1. The minimum atomic E-state index is -0.312. The van der Waals surface area contributed by atoms with Gasteiger partial charge in [-0.15, -0.1) is 0 Å². The number of hydrogen-bond acceptors (Lipinski definition) is 3. The molecule has 0 spiro atoms. The summed E-state index contributed by atoms with van der Waals surface area (Å²) in [6.07, 6.45) is 3.29. The maximum absolute atomic E-state index is 9.87. The van der Waals surface area contributed by atoms with Gasteiger partial charge < -0.3 is 4.74 Å². The van der Waals surface area contributed by atoms with Gasteiger partial charge in [-0.3, -0.25) is 4.98 Å². The third kappa shape index (κ3) is 5.19. The fourth-order valence-electron chi connectivity index (χ4n) is 4.23. The quantitative estimate of drug-likeness (QED) is 0.255. The molecule has 0 N–H and O–H groups in total. The van der Waals surface area contributed by atoms with Crippen LogP contribution in [0.2, 0.25) is 0 Å². The van der Waals surface area contributed by atoms with E-state index in [2.05, 4.69) is 59.6 Å². The van der Waals surface area contributed by atoms with E-state index >= 15 is 0 Å². The van der Waals surface area contributed by atoms with E-state index in [9.17, 15) is 5.26 Å². The van der Waals surface area contributed by atoms with Gasteiger partial charge in [0.25, 0.3) is 0 Å². The van der Waals surface area contributed by atoms with Crippen LogP contribution in [0.25, 0.3) is 22.3 Å². The highest BCUT2D eigenvalue weighted by molar-refractivity contribution is 5.77. The van der Waals surface area contributed by atoms with Gasteiger partial charge in [0.05, 0.1) is 18.2 Å². The smallest absolute Gasteiger partial charge is 0.109 e. The Morgan fingerprint density at radius 1 is 0.686 bits per heavy atom. The minimum Gasteiger partial charge on any atom is -0.364 e. The maximum Gasteiger partial charge on any atom is 0.109 e. The van der Waals surface area contributed by atoms with E-state index in [1.807, 2.05) is 72.9 Å². The van der Waals surface area contributed by atoms with Crippen LogP contribution in [0.1, 0.15) is 28.4 Å². The lowest BCUT2D eigenvalue weighted by molar-refractivity contribution is 0.0665. The predicted molar refractivity (Wildman–Crippen MR) is 139 cm³/mol. The van der Waals surface area contributed by atoms with Crippen LogP contribution < -0.4 is 0 Å². The highest BCUT2D eigenvalue weighted by Gasteiger charge is 2.18. The highest BCUT2D eigenvalue weighted by Crippen LogP contribution is 2.34. The monoisotopic (exact) mass is 452 g/mol. The molecule has 0 aliphatic rings. The molecule has 1 unspecified atom stereocenters. The van der Waals surface area contributed by atoms with Gasteiger partial charge in [-0.05, 0) is 57.6 Å². The highest BCUT2D eigenvalue weighted by atomic mass is 16.5. The molecule has 0 bridgehead atoms. The minimum absolute atomic E-state index is 0.312.